The van der Waals surface area contributed by atoms with Crippen LogP contribution in [0, 0.1) is 0 Å². The van der Waals surface area contributed by atoms with E-state index in [4.69, 9.17) is 0 Å². The second-order valence-corrected chi connectivity index (χ2v) is 4.90. The van der Waals surface area contributed by atoms with Gasteiger partial charge in [-0.15, -0.1) is 0 Å². The zero-order valence-electron chi connectivity index (χ0n) is 11.7. The average molecular weight is 284 g/mol. The maximum Gasteiger partial charge on any atom is 0.254 e. The SMILES string of the molecule is CNC(=O)c1cnn2c1CN(C(=O)c1ccccc1)CC2. The van der Waals surface area contributed by atoms with Crippen LogP contribution in [0.4, 0.5) is 0 Å². The van der Waals surface area contributed by atoms with Crippen molar-refractivity contribution in [3.05, 3.63) is 53.3 Å². The third-order valence-electron chi connectivity index (χ3n) is 3.65. The zero-order chi connectivity index (χ0) is 14.8. The number of benzene rings is 1. The minimum Gasteiger partial charge on any atom is -0.355 e. The van der Waals surface area contributed by atoms with Crippen LogP contribution >= 0.6 is 0 Å². The molecular formula is C15H16N4O2. The third-order valence-corrected chi connectivity index (χ3v) is 3.65. The molecule has 1 N–H and O–H groups in total. The molecule has 0 radical (unpaired) electrons. The van der Waals surface area contributed by atoms with Crippen LogP contribution in [0.25, 0.3) is 0 Å². The lowest BCUT2D eigenvalue weighted by molar-refractivity contribution is 0.0702. The molecule has 1 aromatic heterocycles. The van der Waals surface area contributed by atoms with Gasteiger partial charge in [0.25, 0.3) is 11.8 Å². The standard InChI is InChI=1S/C15H16N4O2/c1-16-14(20)12-9-17-19-8-7-18(10-13(12)19)15(21)11-5-3-2-4-6-11/h2-6,9H,7-8,10H2,1H3,(H,16,20). The predicted octanol–water partition coefficient (Wildman–Crippen LogP) is 0.899. The average Bonchev–Trinajstić information content (AvgIpc) is 2.97. The molecule has 0 bridgehead atoms. The summed E-state index contributed by atoms with van der Waals surface area (Å²) < 4.78 is 1.79. The van der Waals surface area contributed by atoms with E-state index in [1.807, 2.05) is 18.2 Å². The molecule has 1 aliphatic rings. The van der Waals surface area contributed by atoms with Gasteiger partial charge in [0.2, 0.25) is 0 Å². The van der Waals surface area contributed by atoms with Crippen molar-refractivity contribution in [2.45, 2.75) is 13.1 Å². The summed E-state index contributed by atoms with van der Waals surface area (Å²) in [5.41, 5.74) is 1.97. The molecule has 0 atom stereocenters. The van der Waals surface area contributed by atoms with Crippen molar-refractivity contribution in [3.8, 4) is 0 Å². The largest absolute Gasteiger partial charge is 0.355 e. The summed E-state index contributed by atoms with van der Waals surface area (Å²) in [5.74, 6) is -0.198. The van der Waals surface area contributed by atoms with E-state index in [1.165, 1.54) is 0 Å². The summed E-state index contributed by atoms with van der Waals surface area (Å²) >= 11 is 0. The van der Waals surface area contributed by atoms with Gasteiger partial charge in [0.1, 0.15) is 0 Å². The van der Waals surface area contributed by atoms with Crippen LogP contribution in [0.5, 0.6) is 0 Å². The van der Waals surface area contributed by atoms with Crippen LogP contribution in [-0.2, 0) is 13.1 Å². The molecule has 0 saturated heterocycles. The molecule has 6 nitrogen and oxygen atoms in total. The van der Waals surface area contributed by atoms with Crippen LogP contribution in [0.2, 0.25) is 0 Å². The number of hydrogen-bond donors (Lipinski definition) is 1. The monoisotopic (exact) mass is 284 g/mol. The van der Waals surface area contributed by atoms with Crippen molar-refractivity contribution in [1.29, 1.82) is 0 Å². The van der Waals surface area contributed by atoms with E-state index in [1.54, 1.807) is 35.0 Å². The van der Waals surface area contributed by atoms with Gasteiger partial charge in [-0.3, -0.25) is 14.3 Å². The molecule has 2 amide bonds. The molecule has 1 aliphatic heterocycles. The molecule has 0 fully saturated rings. The van der Waals surface area contributed by atoms with Crippen molar-refractivity contribution in [2.75, 3.05) is 13.6 Å². The summed E-state index contributed by atoms with van der Waals surface area (Å²) in [7, 11) is 1.59. The fourth-order valence-electron chi connectivity index (χ4n) is 2.51. The summed E-state index contributed by atoms with van der Waals surface area (Å²) in [4.78, 5) is 26.1. The third kappa shape index (κ3) is 2.40. The van der Waals surface area contributed by atoms with Crippen molar-refractivity contribution >= 4 is 11.8 Å². The Morgan fingerprint density at radius 2 is 1.95 bits per heavy atom. The lowest BCUT2D eigenvalue weighted by Crippen LogP contribution is -2.39. The Kier molecular flexibility index (Phi) is 3.43. The Balaban J connectivity index is 1.85. The molecule has 0 aliphatic carbocycles. The van der Waals surface area contributed by atoms with Gasteiger partial charge in [0.15, 0.2) is 0 Å². The van der Waals surface area contributed by atoms with Gasteiger partial charge in [-0.2, -0.15) is 5.10 Å². The van der Waals surface area contributed by atoms with Crippen LogP contribution < -0.4 is 5.32 Å². The molecule has 2 aromatic rings. The first-order valence-corrected chi connectivity index (χ1v) is 6.82. The van der Waals surface area contributed by atoms with Crippen molar-refractivity contribution in [3.63, 3.8) is 0 Å². The van der Waals surface area contributed by atoms with Gasteiger partial charge in [0, 0.05) is 19.2 Å². The molecule has 0 unspecified atom stereocenters. The quantitative estimate of drug-likeness (QED) is 0.891. The first-order chi connectivity index (χ1) is 10.2. The van der Waals surface area contributed by atoms with Crippen molar-refractivity contribution < 1.29 is 9.59 Å². The zero-order valence-corrected chi connectivity index (χ0v) is 11.7. The Hall–Kier alpha value is -2.63. The number of carbonyl (C=O) groups excluding carboxylic acids is 2. The Labute approximate surface area is 122 Å². The van der Waals surface area contributed by atoms with Gasteiger partial charge in [-0.05, 0) is 12.1 Å². The number of fused-ring (bicyclic) bond motifs is 1. The molecule has 1 aromatic carbocycles. The van der Waals surface area contributed by atoms with E-state index >= 15 is 0 Å². The molecule has 0 saturated carbocycles. The molecule has 3 rings (SSSR count). The Bertz CT molecular complexity index is 678. The van der Waals surface area contributed by atoms with Gasteiger partial charge in [-0.1, -0.05) is 18.2 Å². The predicted molar refractivity (Wildman–Crippen MR) is 76.8 cm³/mol. The highest BCUT2D eigenvalue weighted by Gasteiger charge is 2.26. The van der Waals surface area contributed by atoms with E-state index in [-0.39, 0.29) is 11.8 Å². The Morgan fingerprint density at radius 3 is 2.67 bits per heavy atom. The maximum absolute atomic E-state index is 12.5. The number of nitrogens with one attached hydrogen (secondary N) is 1. The summed E-state index contributed by atoms with van der Waals surface area (Å²) in [5, 5.41) is 6.81. The first-order valence-electron chi connectivity index (χ1n) is 6.82. The lowest BCUT2D eigenvalue weighted by Gasteiger charge is -2.28. The van der Waals surface area contributed by atoms with Crippen molar-refractivity contribution in [1.82, 2.24) is 20.0 Å². The summed E-state index contributed by atoms with van der Waals surface area (Å²) in [6.45, 7) is 1.59. The van der Waals surface area contributed by atoms with Gasteiger partial charge in [-0.25, -0.2) is 0 Å². The van der Waals surface area contributed by atoms with Crippen LogP contribution in [-0.4, -0.2) is 40.1 Å². The highest BCUT2D eigenvalue weighted by Crippen LogP contribution is 2.18. The second kappa shape index (κ2) is 5.40. The van der Waals surface area contributed by atoms with E-state index in [9.17, 15) is 9.59 Å². The highest BCUT2D eigenvalue weighted by molar-refractivity contribution is 5.96. The molecular weight excluding hydrogens is 268 g/mol. The van der Waals surface area contributed by atoms with E-state index in [0.717, 1.165) is 5.69 Å². The van der Waals surface area contributed by atoms with E-state index in [0.29, 0.717) is 30.8 Å². The molecule has 0 spiro atoms. The van der Waals surface area contributed by atoms with Crippen LogP contribution in [0.3, 0.4) is 0 Å². The van der Waals surface area contributed by atoms with Gasteiger partial charge in [0.05, 0.1) is 30.5 Å². The first kappa shape index (κ1) is 13.4. The van der Waals surface area contributed by atoms with E-state index < -0.39 is 0 Å². The lowest BCUT2D eigenvalue weighted by atomic mass is 10.1. The molecule has 2 heterocycles. The number of hydrogen-bond acceptors (Lipinski definition) is 3. The number of aromatic nitrogens is 2. The maximum atomic E-state index is 12.5. The number of nitrogens with zero attached hydrogens (tertiary/aromatic N) is 3. The minimum absolute atomic E-state index is 0.0223. The van der Waals surface area contributed by atoms with Crippen LogP contribution in [0.15, 0.2) is 36.5 Å². The molecule has 108 valence electrons. The molecule has 6 heteroatoms. The highest BCUT2D eigenvalue weighted by atomic mass is 16.2. The van der Waals surface area contributed by atoms with Crippen molar-refractivity contribution in [2.24, 2.45) is 0 Å². The fourth-order valence-corrected chi connectivity index (χ4v) is 2.51. The molecule has 21 heavy (non-hydrogen) atoms. The topological polar surface area (TPSA) is 67.2 Å². The fraction of sp³-hybridized carbons (Fsp3) is 0.267. The van der Waals surface area contributed by atoms with Gasteiger partial charge >= 0.3 is 0 Å². The Morgan fingerprint density at radius 1 is 1.19 bits per heavy atom. The minimum atomic E-state index is -0.176. The normalized spacial score (nSPS) is 13.7. The van der Waals surface area contributed by atoms with Gasteiger partial charge < -0.3 is 10.2 Å². The summed E-state index contributed by atoms with van der Waals surface area (Å²) in [6, 6.07) is 9.17. The number of rotatable bonds is 2. The second-order valence-electron chi connectivity index (χ2n) is 4.90. The number of carbonyl (C=O) groups is 2. The number of amides is 2. The smallest absolute Gasteiger partial charge is 0.254 e. The van der Waals surface area contributed by atoms with E-state index in [2.05, 4.69) is 10.4 Å². The summed E-state index contributed by atoms with van der Waals surface area (Å²) in [6.07, 6.45) is 1.56. The van der Waals surface area contributed by atoms with Crippen LogP contribution in [0.1, 0.15) is 26.4 Å².